The lowest BCUT2D eigenvalue weighted by Crippen LogP contribution is -2.15. The molecule has 1 amide bonds. The average molecular weight is 404 g/mol. The van der Waals surface area contributed by atoms with E-state index in [9.17, 15) is 10.1 Å². The Morgan fingerprint density at radius 3 is 2.93 bits per heavy atom. The van der Waals surface area contributed by atoms with Crippen molar-refractivity contribution in [2.24, 2.45) is 5.92 Å². The second kappa shape index (κ2) is 8.44. The smallest absolute Gasteiger partial charge is 0.235 e. The number of aryl methyl sites for hydroxylation is 1. The summed E-state index contributed by atoms with van der Waals surface area (Å²) in [5.74, 6) is 1.66. The molecule has 6 nitrogen and oxygen atoms in total. The lowest BCUT2D eigenvalue weighted by molar-refractivity contribution is -0.113. The molecule has 1 N–H and O–H groups in total. The van der Waals surface area contributed by atoms with Crippen LogP contribution in [-0.4, -0.2) is 26.4 Å². The number of rotatable bonds is 6. The molecule has 2 aromatic rings. The van der Waals surface area contributed by atoms with Crippen LogP contribution < -0.4 is 5.32 Å². The first-order valence-electron chi connectivity index (χ1n) is 9.33. The van der Waals surface area contributed by atoms with Gasteiger partial charge in [-0.1, -0.05) is 25.1 Å². The van der Waals surface area contributed by atoms with E-state index in [1.54, 1.807) is 11.3 Å². The van der Waals surface area contributed by atoms with Crippen molar-refractivity contribution >= 4 is 34.0 Å². The van der Waals surface area contributed by atoms with Gasteiger partial charge in [0.15, 0.2) is 5.16 Å². The largest absolute Gasteiger partial charge is 0.316 e. The molecule has 0 saturated carbocycles. The summed E-state index contributed by atoms with van der Waals surface area (Å²) in [5.41, 5.74) is 1.80. The summed E-state index contributed by atoms with van der Waals surface area (Å²) in [4.78, 5) is 13.7. The SMILES string of the molecule is CCC1CCc2c(sc(NC(=O)CSc3nnc(C)n3C(C)C)c2C#N)C1. The van der Waals surface area contributed by atoms with Gasteiger partial charge in [-0.3, -0.25) is 4.79 Å². The number of carbonyl (C=O) groups is 1. The van der Waals surface area contributed by atoms with E-state index in [2.05, 4.69) is 42.4 Å². The van der Waals surface area contributed by atoms with Crippen LogP contribution in [-0.2, 0) is 17.6 Å². The van der Waals surface area contributed by atoms with Crippen molar-refractivity contribution in [1.29, 1.82) is 5.26 Å². The third-order valence-electron chi connectivity index (χ3n) is 4.99. The first kappa shape index (κ1) is 19.9. The van der Waals surface area contributed by atoms with E-state index >= 15 is 0 Å². The predicted octanol–water partition coefficient (Wildman–Crippen LogP) is 4.35. The molecule has 1 aliphatic rings. The minimum atomic E-state index is -0.113. The van der Waals surface area contributed by atoms with Crippen LogP contribution in [0.3, 0.4) is 0 Å². The summed E-state index contributed by atoms with van der Waals surface area (Å²) >= 11 is 2.95. The van der Waals surface area contributed by atoms with Gasteiger partial charge in [-0.25, -0.2) is 0 Å². The molecule has 0 bridgehead atoms. The van der Waals surface area contributed by atoms with Gasteiger partial charge in [-0.2, -0.15) is 5.26 Å². The first-order valence-corrected chi connectivity index (χ1v) is 11.1. The summed E-state index contributed by atoms with van der Waals surface area (Å²) in [6.45, 7) is 8.26. The van der Waals surface area contributed by atoms with Crippen molar-refractivity contribution in [2.75, 3.05) is 11.1 Å². The molecule has 0 fully saturated rings. The number of carbonyl (C=O) groups excluding carboxylic acids is 1. The molecule has 1 aliphatic carbocycles. The maximum Gasteiger partial charge on any atom is 0.235 e. The number of nitriles is 1. The number of hydrogen-bond donors (Lipinski definition) is 1. The fraction of sp³-hybridized carbons (Fsp3) is 0.579. The van der Waals surface area contributed by atoms with E-state index in [0.29, 0.717) is 16.5 Å². The summed E-state index contributed by atoms with van der Waals surface area (Å²) in [6, 6.07) is 2.55. The Labute approximate surface area is 168 Å². The number of anilines is 1. The van der Waals surface area contributed by atoms with Crippen molar-refractivity contribution < 1.29 is 4.79 Å². The second-order valence-electron chi connectivity index (χ2n) is 7.17. The standard InChI is InChI=1S/C19H25N5OS2/c1-5-13-6-7-14-15(9-20)18(27-16(14)8-13)21-17(25)10-26-19-23-22-12(4)24(19)11(2)3/h11,13H,5-8,10H2,1-4H3,(H,21,25). The van der Waals surface area contributed by atoms with Crippen LogP contribution >= 0.6 is 23.1 Å². The van der Waals surface area contributed by atoms with Gasteiger partial charge < -0.3 is 9.88 Å². The van der Waals surface area contributed by atoms with Gasteiger partial charge in [0.2, 0.25) is 5.91 Å². The van der Waals surface area contributed by atoms with Crippen LogP contribution in [0.1, 0.15) is 61.5 Å². The van der Waals surface area contributed by atoms with Crippen molar-refractivity contribution in [3.63, 3.8) is 0 Å². The molecule has 0 saturated heterocycles. The fourth-order valence-electron chi connectivity index (χ4n) is 3.54. The number of aromatic nitrogens is 3. The van der Waals surface area contributed by atoms with E-state index < -0.39 is 0 Å². The number of hydrogen-bond acceptors (Lipinski definition) is 6. The van der Waals surface area contributed by atoms with Gasteiger partial charge >= 0.3 is 0 Å². The summed E-state index contributed by atoms with van der Waals surface area (Å²) in [7, 11) is 0. The number of nitrogens with one attached hydrogen (secondary N) is 1. The molecule has 27 heavy (non-hydrogen) atoms. The van der Waals surface area contributed by atoms with Gasteiger partial charge in [-0.15, -0.1) is 21.5 Å². The van der Waals surface area contributed by atoms with Crippen LogP contribution in [0.5, 0.6) is 0 Å². The Bertz CT molecular complexity index is 878. The second-order valence-corrected chi connectivity index (χ2v) is 9.21. The molecule has 2 aromatic heterocycles. The summed E-state index contributed by atoms with van der Waals surface area (Å²) < 4.78 is 2.02. The molecule has 144 valence electrons. The van der Waals surface area contributed by atoms with Crippen molar-refractivity contribution in [2.45, 2.75) is 64.6 Å². The Morgan fingerprint density at radius 2 is 2.26 bits per heavy atom. The van der Waals surface area contributed by atoms with Crippen LogP contribution in [0, 0.1) is 24.2 Å². The molecule has 0 spiro atoms. The summed E-state index contributed by atoms with van der Waals surface area (Å²) in [5, 5.41) is 22.3. The van der Waals surface area contributed by atoms with E-state index in [0.717, 1.165) is 42.2 Å². The normalized spacial score (nSPS) is 16.2. The van der Waals surface area contributed by atoms with Crippen LogP contribution in [0.2, 0.25) is 0 Å². The summed E-state index contributed by atoms with van der Waals surface area (Å²) in [6.07, 6.45) is 4.25. The number of thioether (sulfide) groups is 1. The Morgan fingerprint density at radius 1 is 1.48 bits per heavy atom. The molecule has 0 aromatic carbocycles. The highest BCUT2D eigenvalue weighted by Crippen LogP contribution is 2.40. The van der Waals surface area contributed by atoms with E-state index in [1.165, 1.54) is 16.6 Å². The molecule has 2 heterocycles. The van der Waals surface area contributed by atoms with Gasteiger partial charge in [0.25, 0.3) is 0 Å². The highest BCUT2D eigenvalue weighted by Gasteiger charge is 2.26. The fourth-order valence-corrected chi connectivity index (χ4v) is 5.79. The molecule has 1 atom stereocenters. The zero-order valence-corrected chi connectivity index (χ0v) is 17.8. The van der Waals surface area contributed by atoms with E-state index in [1.807, 2.05) is 11.5 Å². The number of thiophene rings is 1. The number of amides is 1. The van der Waals surface area contributed by atoms with Gasteiger partial charge in [-0.05, 0) is 51.5 Å². The molecule has 1 unspecified atom stereocenters. The number of nitrogens with zero attached hydrogens (tertiary/aromatic N) is 4. The van der Waals surface area contributed by atoms with Crippen LogP contribution in [0.25, 0.3) is 0 Å². The Hall–Kier alpha value is -1.85. The molecule has 0 radical (unpaired) electrons. The zero-order valence-electron chi connectivity index (χ0n) is 16.2. The maximum absolute atomic E-state index is 12.5. The number of fused-ring (bicyclic) bond motifs is 1. The lowest BCUT2D eigenvalue weighted by atomic mass is 9.86. The van der Waals surface area contributed by atoms with Gasteiger partial charge in [0.05, 0.1) is 11.3 Å². The van der Waals surface area contributed by atoms with Gasteiger partial charge in [0.1, 0.15) is 16.9 Å². The quantitative estimate of drug-likeness (QED) is 0.725. The average Bonchev–Trinajstić information content (AvgIpc) is 3.18. The predicted molar refractivity (Wildman–Crippen MR) is 109 cm³/mol. The van der Waals surface area contributed by atoms with Crippen molar-refractivity contribution in [1.82, 2.24) is 14.8 Å². The van der Waals surface area contributed by atoms with Crippen molar-refractivity contribution in [3.8, 4) is 6.07 Å². The Kier molecular flexibility index (Phi) is 6.22. The third kappa shape index (κ3) is 4.19. The lowest BCUT2D eigenvalue weighted by Gasteiger charge is -2.20. The minimum absolute atomic E-state index is 0.113. The highest BCUT2D eigenvalue weighted by molar-refractivity contribution is 7.99. The van der Waals surface area contributed by atoms with Gasteiger partial charge in [0, 0.05) is 10.9 Å². The molecule has 0 aliphatic heterocycles. The van der Waals surface area contributed by atoms with E-state index in [-0.39, 0.29) is 17.7 Å². The topological polar surface area (TPSA) is 83.6 Å². The Balaban J connectivity index is 1.69. The maximum atomic E-state index is 12.5. The molecule has 3 rings (SSSR count). The third-order valence-corrected chi connectivity index (χ3v) is 7.11. The van der Waals surface area contributed by atoms with Crippen LogP contribution in [0.4, 0.5) is 5.00 Å². The zero-order chi connectivity index (χ0) is 19.6. The van der Waals surface area contributed by atoms with Crippen LogP contribution in [0.15, 0.2) is 5.16 Å². The van der Waals surface area contributed by atoms with E-state index in [4.69, 9.17) is 0 Å². The van der Waals surface area contributed by atoms with Crippen molar-refractivity contribution in [3.05, 3.63) is 21.8 Å². The monoisotopic (exact) mass is 403 g/mol. The highest BCUT2D eigenvalue weighted by atomic mass is 32.2. The molecular weight excluding hydrogens is 378 g/mol. The molecule has 8 heteroatoms. The minimum Gasteiger partial charge on any atom is -0.316 e. The first-order chi connectivity index (χ1) is 12.9. The molecular formula is C19H25N5OS2.